The van der Waals surface area contributed by atoms with Crippen molar-refractivity contribution in [2.75, 3.05) is 5.88 Å². The number of nitro groups is 1. The van der Waals surface area contributed by atoms with Crippen LogP contribution in [-0.2, 0) is 0 Å². The number of nitrogens with zero attached hydrogens (tertiary/aromatic N) is 1. The Morgan fingerprint density at radius 2 is 2.26 bits per heavy atom. The van der Waals surface area contributed by atoms with Crippen LogP contribution in [0.15, 0.2) is 18.2 Å². The molecule has 19 heavy (non-hydrogen) atoms. The first-order valence-electron chi connectivity index (χ1n) is 5.76. The second-order valence-electron chi connectivity index (χ2n) is 4.13. The zero-order valence-corrected chi connectivity index (χ0v) is 11.1. The van der Waals surface area contributed by atoms with Crippen molar-refractivity contribution in [3.63, 3.8) is 0 Å². The summed E-state index contributed by atoms with van der Waals surface area (Å²) in [5.41, 5.74) is -0.590. The van der Waals surface area contributed by atoms with E-state index in [1.807, 2.05) is 0 Å². The Morgan fingerprint density at radius 3 is 2.79 bits per heavy atom. The van der Waals surface area contributed by atoms with E-state index in [1.165, 1.54) is 0 Å². The molecule has 1 aromatic carbocycles. The summed E-state index contributed by atoms with van der Waals surface area (Å²) in [6.07, 6.45) is 1.43. The Labute approximate surface area is 114 Å². The summed E-state index contributed by atoms with van der Waals surface area (Å²) >= 11 is 5.53. The number of hydrogen-bond donors (Lipinski definition) is 1. The van der Waals surface area contributed by atoms with Crippen molar-refractivity contribution in [1.82, 2.24) is 5.32 Å². The predicted molar refractivity (Wildman–Crippen MR) is 69.9 cm³/mol. The Balaban J connectivity index is 2.74. The summed E-state index contributed by atoms with van der Waals surface area (Å²) in [6, 6.07) is 2.80. The van der Waals surface area contributed by atoms with E-state index in [9.17, 15) is 19.3 Å². The second-order valence-corrected chi connectivity index (χ2v) is 4.50. The van der Waals surface area contributed by atoms with Crippen LogP contribution in [-0.4, -0.2) is 22.8 Å². The van der Waals surface area contributed by atoms with E-state index in [4.69, 9.17) is 11.6 Å². The van der Waals surface area contributed by atoms with E-state index < -0.39 is 16.6 Å². The fourth-order valence-corrected chi connectivity index (χ4v) is 1.71. The molecule has 0 saturated carbocycles. The third-order valence-electron chi connectivity index (χ3n) is 2.56. The number of nitrogens with one attached hydrogen (secondary N) is 1. The van der Waals surface area contributed by atoms with Gasteiger partial charge in [0.1, 0.15) is 5.82 Å². The van der Waals surface area contributed by atoms with Gasteiger partial charge in [-0.3, -0.25) is 14.9 Å². The molecule has 0 spiro atoms. The highest BCUT2D eigenvalue weighted by molar-refractivity contribution is 6.17. The molecule has 1 atom stereocenters. The van der Waals surface area contributed by atoms with E-state index in [-0.39, 0.29) is 17.3 Å². The van der Waals surface area contributed by atoms with Crippen LogP contribution in [0.3, 0.4) is 0 Å². The Hall–Kier alpha value is -1.69. The molecule has 0 saturated heterocycles. The maximum Gasteiger partial charge on any atom is 0.272 e. The van der Waals surface area contributed by atoms with E-state index in [0.29, 0.717) is 12.3 Å². The molecule has 0 heterocycles. The van der Waals surface area contributed by atoms with E-state index >= 15 is 0 Å². The van der Waals surface area contributed by atoms with E-state index in [0.717, 1.165) is 24.6 Å². The maximum absolute atomic E-state index is 13.6. The highest BCUT2D eigenvalue weighted by Gasteiger charge is 2.17. The van der Waals surface area contributed by atoms with Gasteiger partial charge in [0.05, 0.1) is 16.6 Å². The van der Waals surface area contributed by atoms with Crippen LogP contribution in [0.2, 0.25) is 0 Å². The van der Waals surface area contributed by atoms with Crippen LogP contribution in [0.5, 0.6) is 0 Å². The quantitative estimate of drug-likeness (QED) is 0.497. The molecule has 0 aliphatic heterocycles. The fourth-order valence-electron chi connectivity index (χ4n) is 1.56. The largest absolute Gasteiger partial charge is 0.349 e. The third kappa shape index (κ3) is 4.48. The number of rotatable bonds is 6. The molecule has 1 aromatic rings. The summed E-state index contributed by atoms with van der Waals surface area (Å²) in [5.74, 6) is -1.00. The molecule has 7 heteroatoms. The Bertz CT molecular complexity index is 482. The average Bonchev–Trinajstić information content (AvgIpc) is 2.35. The lowest BCUT2D eigenvalue weighted by atomic mass is 10.1. The molecular formula is C12H14ClFN2O3. The van der Waals surface area contributed by atoms with Crippen LogP contribution in [0.1, 0.15) is 30.1 Å². The first-order valence-corrected chi connectivity index (χ1v) is 6.30. The van der Waals surface area contributed by atoms with Gasteiger partial charge in [-0.05, 0) is 25.8 Å². The SMILES string of the molecule is CC(CCCCl)NC(=O)c1ccc([N+](=O)[O-])cc1F. The number of nitro benzene ring substituents is 1. The molecule has 1 amide bonds. The van der Waals surface area contributed by atoms with Crippen molar-refractivity contribution in [2.24, 2.45) is 0 Å². The van der Waals surface area contributed by atoms with Crippen LogP contribution in [0.4, 0.5) is 10.1 Å². The number of carbonyl (C=O) groups excluding carboxylic acids is 1. The monoisotopic (exact) mass is 288 g/mol. The molecule has 0 aromatic heterocycles. The first kappa shape index (κ1) is 15.4. The molecule has 0 fully saturated rings. The molecule has 0 radical (unpaired) electrons. The van der Waals surface area contributed by atoms with Gasteiger partial charge >= 0.3 is 0 Å². The molecule has 0 aliphatic rings. The number of hydrogen-bond acceptors (Lipinski definition) is 3. The molecule has 1 N–H and O–H groups in total. The van der Waals surface area contributed by atoms with Gasteiger partial charge in [0.25, 0.3) is 11.6 Å². The van der Waals surface area contributed by atoms with E-state index in [2.05, 4.69) is 5.32 Å². The summed E-state index contributed by atoms with van der Waals surface area (Å²) in [6.45, 7) is 1.79. The topological polar surface area (TPSA) is 72.2 Å². The maximum atomic E-state index is 13.6. The minimum atomic E-state index is -0.906. The lowest BCUT2D eigenvalue weighted by Gasteiger charge is -2.13. The number of benzene rings is 1. The van der Waals surface area contributed by atoms with Gasteiger partial charge in [0.2, 0.25) is 0 Å². The third-order valence-corrected chi connectivity index (χ3v) is 2.82. The summed E-state index contributed by atoms with van der Waals surface area (Å²) < 4.78 is 13.6. The fraction of sp³-hybridized carbons (Fsp3) is 0.417. The van der Waals surface area contributed by atoms with Crippen LogP contribution >= 0.6 is 11.6 Å². The molecule has 104 valence electrons. The standard InChI is InChI=1S/C12H14ClFN2O3/c1-8(3-2-6-13)15-12(17)10-5-4-9(16(18)19)7-11(10)14/h4-5,7-8H,2-3,6H2,1H3,(H,15,17). The predicted octanol–water partition coefficient (Wildman–Crippen LogP) is 2.87. The van der Waals surface area contributed by atoms with Crippen molar-refractivity contribution >= 4 is 23.2 Å². The van der Waals surface area contributed by atoms with Crippen molar-refractivity contribution in [3.8, 4) is 0 Å². The number of alkyl halides is 1. The van der Waals surface area contributed by atoms with Crippen LogP contribution in [0, 0.1) is 15.9 Å². The van der Waals surface area contributed by atoms with Crippen molar-refractivity contribution in [1.29, 1.82) is 0 Å². The van der Waals surface area contributed by atoms with Crippen LogP contribution < -0.4 is 5.32 Å². The Kier molecular flexibility index (Phi) is 5.69. The second kappa shape index (κ2) is 7.04. The minimum Gasteiger partial charge on any atom is -0.349 e. The van der Waals surface area contributed by atoms with Crippen molar-refractivity contribution in [2.45, 2.75) is 25.8 Å². The molecule has 0 bridgehead atoms. The molecular weight excluding hydrogens is 275 g/mol. The summed E-state index contributed by atoms with van der Waals surface area (Å²) in [5, 5.41) is 13.1. The molecule has 1 unspecified atom stereocenters. The van der Waals surface area contributed by atoms with Gasteiger partial charge in [-0.2, -0.15) is 0 Å². The first-order chi connectivity index (χ1) is 8.95. The van der Waals surface area contributed by atoms with Crippen LogP contribution in [0.25, 0.3) is 0 Å². The zero-order valence-electron chi connectivity index (χ0n) is 10.4. The van der Waals surface area contributed by atoms with Gasteiger partial charge in [0, 0.05) is 18.0 Å². The summed E-state index contributed by atoms with van der Waals surface area (Å²) in [7, 11) is 0. The van der Waals surface area contributed by atoms with Crippen molar-refractivity contribution < 1.29 is 14.1 Å². The normalized spacial score (nSPS) is 11.9. The smallest absolute Gasteiger partial charge is 0.272 e. The molecule has 0 aliphatic carbocycles. The van der Waals surface area contributed by atoms with Gasteiger partial charge in [0.15, 0.2) is 0 Å². The van der Waals surface area contributed by atoms with Gasteiger partial charge < -0.3 is 5.32 Å². The highest BCUT2D eigenvalue weighted by Crippen LogP contribution is 2.16. The van der Waals surface area contributed by atoms with Gasteiger partial charge in [-0.25, -0.2) is 4.39 Å². The molecule has 5 nitrogen and oxygen atoms in total. The number of non-ortho nitro benzene ring substituents is 1. The van der Waals surface area contributed by atoms with Gasteiger partial charge in [-0.1, -0.05) is 0 Å². The lowest BCUT2D eigenvalue weighted by Crippen LogP contribution is -2.33. The minimum absolute atomic E-state index is 0.138. The summed E-state index contributed by atoms with van der Waals surface area (Å²) in [4.78, 5) is 21.5. The highest BCUT2D eigenvalue weighted by atomic mass is 35.5. The number of halogens is 2. The lowest BCUT2D eigenvalue weighted by molar-refractivity contribution is -0.385. The average molecular weight is 289 g/mol. The van der Waals surface area contributed by atoms with E-state index in [1.54, 1.807) is 6.92 Å². The van der Waals surface area contributed by atoms with Crippen molar-refractivity contribution in [3.05, 3.63) is 39.7 Å². The number of amides is 1. The Morgan fingerprint density at radius 1 is 1.58 bits per heavy atom. The number of carbonyl (C=O) groups is 1. The van der Waals surface area contributed by atoms with Gasteiger partial charge in [-0.15, -0.1) is 11.6 Å². The molecule has 1 rings (SSSR count). The zero-order chi connectivity index (χ0) is 14.4.